The molecule has 1 saturated heterocycles. The van der Waals surface area contributed by atoms with Crippen LogP contribution in [0.25, 0.3) is 0 Å². The van der Waals surface area contributed by atoms with Crippen LogP contribution in [-0.4, -0.2) is 13.2 Å². The SMILES string of the molecule is C1=CCC1.C1CO1. The Bertz CT molecular complexity index is 55.8. The van der Waals surface area contributed by atoms with E-state index in [1.54, 1.807) is 0 Å². The van der Waals surface area contributed by atoms with E-state index < -0.39 is 0 Å². The van der Waals surface area contributed by atoms with Gasteiger partial charge in [-0.2, -0.15) is 0 Å². The molecule has 0 N–H and O–H groups in total. The molecule has 1 heteroatoms. The van der Waals surface area contributed by atoms with E-state index in [2.05, 4.69) is 16.9 Å². The number of hydrogen-bond acceptors (Lipinski definition) is 1. The smallest absolute Gasteiger partial charge is 0.0701 e. The molecule has 40 valence electrons. The van der Waals surface area contributed by atoms with Crippen LogP contribution in [0.5, 0.6) is 0 Å². The van der Waals surface area contributed by atoms with Gasteiger partial charge in [0.25, 0.3) is 0 Å². The zero-order valence-electron chi connectivity index (χ0n) is 4.39. The molecule has 1 heterocycles. The van der Waals surface area contributed by atoms with E-state index in [-0.39, 0.29) is 0 Å². The summed E-state index contributed by atoms with van der Waals surface area (Å²) in [5.41, 5.74) is 0. The Hall–Kier alpha value is -0.300. The molecule has 0 spiro atoms. The minimum atomic E-state index is 1.00. The van der Waals surface area contributed by atoms with Gasteiger partial charge in [-0.1, -0.05) is 12.2 Å². The summed E-state index contributed by atoms with van der Waals surface area (Å²) < 4.78 is 4.50. The van der Waals surface area contributed by atoms with Crippen molar-refractivity contribution in [2.75, 3.05) is 13.2 Å². The molecule has 1 nitrogen and oxygen atoms in total. The number of hydrogen-bond donors (Lipinski definition) is 0. The lowest BCUT2D eigenvalue weighted by Gasteiger charge is -1.92. The van der Waals surface area contributed by atoms with Gasteiger partial charge in [0, 0.05) is 0 Å². The number of allylic oxidation sites excluding steroid dienone is 2. The quantitative estimate of drug-likeness (QED) is 0.329. The van der Waals surface area contributed by atoms with Gasteiger partial charge in [0.2, 0.25) is 0 Å². The van der Waals surface area contributed by atoms with E-state index in [9.17, 15) is 0 Å². The van der Waals surface area contributed by atoms with Gasteiger partial charge in [0.05, 0.1) is 13.2 Å². The second-order valence-corrected chi connectivity index (χ2v) is 1.66. The lowest BCUT2D eigenvalue weighted by molar-refractivity contribution is 0.475. The first kappa shape index (κ1) is 4.85. The predicted molar refractivity (Wildman–Crippen MR) is 29.2 cm³/mol. The molecule has 2 aliphatic rings. The summed E-state index contributed by atoms with van der Waals surface area (Å²) in [6.07, 6.45) is 7.00. The van der Waals surface area contributed by atoms with Gasteiger partial charge in [0.1, 0.15) is 0 Å². The molecular formula is C6H10O. The molecule has 1 aliphatic heterocycles. The Labute approximate surface area is 44.0 Å². The fourth-order valence-electron chi connectivity index (χ4n) is 0.167. The number of epoxide rings is 1. The van der Waals surface area contributed by atoms with E-state index in [1.807, 2.05) is 0 Å². The summed E-state index contributed by atoms with van der Waals surface area (Å²) in [4.78, 5) is 0. The molecule has 7 heavy (non-hydrogen) atoms. The monoisotopic (exact) mass is 98.1 g/mol. The fraction of sp³-hybridized carbons (Fsp3) is 0.667. The Morgan fingerprint density at radius 1 is 1.00 bits per heavy atom. The van der Waals surface area contributed by atoms with Crippen molar-refractivity contribution in [1.82, 2.24) is 0 Å². The average Bonchev–Trinajstić information content (AvgIpc) is 1.95. The summed E-state index contributed by atoms with van der Waals surface area (Å²) in [5, 5.41) is 0. The van der Waals surface area contributed by atoms with Crippen molar-refractivity contribution in [2.45, 2.75) is 12.8 Å². The molecule has 0 atom stereocenters. The highest BCUT2D eigenvalue weighted by atomic mass is 16.6. The molecule has 0 unspecified atom stereocenters. The number of ether oxygens (including phenoxy) is 1. The average molecular weight is 98.1 g/mol. The normalized spacial score (nSPS) is 21.7. The molecule has 0 saturated carbocycles. The molecule has 0 aromatic carbocycles. The Morgan fingerprint density at radius 2 is 1.29 bits per heavy atom. The lowest BCUT2D eigenvalue weighted by Crippen LogP contribution is -1.71. The third-order valence-corrected chi connectivity index (χ3v) is 0.871. The molecular weight excluding hydrogens is 88.1 g/mol. The highest BCUT2D eigenvalue weighted by Gasteiger charge is 1.94. The van der Waals surface area contributed by atoms with Gasteiger partial charge in [-0.3, -0.25) is 0 Å². The molecule has 0 bridgehead atoms. The van der Waals surface area contributed by atoms with Crippen molar-refractivity contribution in [3.63, 3.8) is 0 Å². The van der Waals surface area contributed by atoms with Gasteiger partial charge in [-0.05, 0) is 12.8 Å². The molecule has 2 rings (SSSR count). The van der Waals surface area contributed by atoms with Crippen LogP contribution in [0.1, 0.15) is 12.8 Å². The van der Waals surface area contributed by atoms with Gasteiger partial charge in [0.15, 0.2) is 0 Å². The van der Waals surface area contributed by atoms with E-state index in [4.69, 9.17) is 0 Å². The summed E-state index contributed by atoms with van der Waals surface area (Å²) >= 11 is 0. The van der Waals surface area contributed by atoms with E-state index in [1.165, 1.54) is 12.8 Å². The Balaban J connectivity index is 0.0000000729. The minimum Gasteiger partial charge on any atom is -0.377 e. The molecule has 0 radical (unpaired) electrons. The maximum Gasteiger partial charge on any atom is 0.0701 e. The van der Waals surface area contributed by atoms with Crippen LogP contribution in [0.2, 0.25) is 0 Å². The van der Waals surface area contributed by atoms with E-state index in [0.29, 0.717) is 0 Å². The Morgan fingerprint density at radius 3 is 1.29 bits per heavy atom. The van der Waals surface area contributed by atoms with Gasteiger partial charge < -0.3 is 4.74 Å². The summed E-state index contributed by atoms with van der Waals surface area (Å²) in [6, 6.07) is 0. The Kier molecular flexibility index (Phi) is 1.94. The van der Waals surface area contributed by atoms with Crippen LogP contribution in [0.4, 0.5) is 0 Å². The largest absolute Gasteiger partial charge is 0.377 e. The van der Waals surface area contributed by atoms with Gasteiger partial charge in [-0.15, -0.1) is 0 Å². The van der Waals surface area contributed by atoms with Crippen LogP contribution in [-0.2, 0) is 4.74 Å². The molecule has 0 aromatic rings. The maximum absolute atomic E-state index is 4.50. The maximum atomic E-state index is 4.50. The third-order valence-electron chi connectivity index (χ3n) is 0.871. The van der Waals surface area contributed by atoms with Crippen molar-refractivity contribution < 1.29 is 4.74 Å². The topological polar surface area (TPSA) is 12.5 Å². The molecule has 1 fully saturated rings. The van der Waals surface area contributed by atoms with Crippen LogP contribution >= 0.6 is 0 Å². The van der Waals surface area contributed by atoms with Crippen molar-refractivity contribution >= 4 is 0 Å². The van der Waals surface area contributed by atoms with Crippen LogP contribution in [0.3, 0.4) is 0 Å². The highest BCUT2D eigenvalue weighted by molar-refractivity contribution is 4.92. The first-order valence-corrected chi connectivity index (χ1v) is 2.73. The lowest BCUT2D eigenvalue weighted by atomic mass is 10.1. The van der Waals surface area contributed by atoms with Gasteiger partial charge >= 0.3 is 0 Å². The van der Waals surface area contributed by atoms with Crippen molar-refractivity contribution in [2.24, 2.45) is 0 Å². The van der Waals surface area contributed by atoms with Crippen molar-refractivity contribution in [1.29, 1.82) is 0 Å². The summed E-state index contributed by atoms with van der Waals surface area (Å²) in [7, 11) is 0. The number of rotatable bonds is 0. The van der Waals surface area contributed by atoms with Gasteiger partial charge in [-0.25, -0.2) is 0 Å². The minimum absolute atomic E-state index is 1.00. The zero-order chi connectivity index (χ0) is 4.95. The highest BCUT2D eigenvalue weighted by Crippen LogP contribution is 2.01. The standard InChI is InChI=1S/C4H6.C2H4O/c1-2-4-3-1;1-2-3-1/h1-2H,3-4H2;1-2H2. The first-order chi connectivity index (χ1) is 3.50. The molecule has 0 amide bonds. The van der Waals surface area contributed by atoms with E-state index in [0.717, 1.165) is 13.2 Å². The van der Waals surface area contributed by atoms with Crippen LogP contribution in [0.15, 0.2) is 12.2 Å². The molecule has 1 aliphatic carbocycles. The van der Waals surface area contributed by atoms with E-state index >= 15 is 0 Å². The van der Waals surface area contributed by atoms with Crippen molar-refractivity contribution in [3.05, 3.63) is 12.2 Å². The second-order valence-electron chi connectivity index (χ2n) is 1.66. The molecule has 0 aromatic heterocycles. The predicted octanol–water partition coefficient (Wildman–Crippen LogP) is 1.35. The zero-order valence-corrected chi connectivity index (χ0v) is 4.39. The summed E-state index contributed by atoms with van der Waals surface area (Å²) in [5.74, 6) is 0. The van der Waals surface area contributed by atoms with Crippen molar-refractivity contribution in [3.8, 4) is 0 Å². The van der Waals surface area contributed by atoms with Crippen LogP contribution in [0, 0.1) is 0 Å². The first-order valence-electron chi connectivity index (χ1n) is 2.73. The fourth-order valence-corrected chi connectivity index (χ4v) is 0.167. The third kappa shape index (κ3) is 3.53. The summed E-state index contributed by atoms with van der Waals surface area (Å²) in [6.45, 7) is 2.00. The second kappa shape index (κ2) is 2.80. The van der Waals surface area contributed by atoms with Crippen LogP contribution < -0.4 is 0 Å².